The van der Waals surface area contributed by atoms with E-state index in [0.717, 1.165) is 25.7 Å². The molecule has 5 nitrogen and oxygen atoms in total. The number of carbonyl (C=O) groups excluding carboxylic acids is 1. The Morgan fingerprint density at radius 2 is 1.90 bits per heavy atom. The van der Waals surface area contributed by atoms with Gasteiger partial charge in [0.1, 0.15) is 0 Å². The maximum Gasteiger partial charge on any atom is 0.310 e. The molecule has 0 saturated heterocycles. The van der Waals surface area contributed by atoms with Crippen molar-refractivity contribution in [3.8, 4) is 0 Å². The number of aliphatic carboxylic acids is 1. The zero-order valence-electron chi connectivity index (χ0n) is 12.4. The predicted molar refractivity (Wildman–Crippen MR) is 76.3 cm³/mol. The van der Waals surface area contributed by atoms with Gasteiger partial charge in [-0.05, 0) is 25.2 Å². The molecule has 0 bridgehead atoms. The number of rotatable bonds is 8. The van der Waals surface area contributed by atoms with Crippen LogP contribution in [0.25, 0.3) is 0 Å². The van der Waals surface area contributed by atoms with Gasteiger partial charge in [0.2, 0.25) is 5.91 Å². The molecule has 1 amide bonds. The minimum absolute atomic E-state index is 0.0812. The van der Waals surface area contributed by atoms with Gasteiger partial charge in [0.25, 0.3) is 0 Å². The molecule has 3 N–H and O–H groups in total. The highest BCUT2D eigenvalue weighted by molar-refractivity contribution is 5.85. The van der Waals surface area contributed by atoms with E-state index >= 15 is 0 Å². The monoisotopic (exact) mass is 285 g/mol. The van der Waals surface area contributed by atoms with E-state index in [4.69, 9.17) is 5.11 Å². The molecular weight excluding hydrogens is 258 g/mol. The van der Waals surface area contributed by atoms with E-state index in [1.54, 1.807) is 0 Å². The van der Waals surface area contributed by atoms with Crippen molar-refractivity contribution < 1.29 is 19.8 Å². The number of carboxylic acid groups (broad SMARTS) is 1. The van der Waals surface area contributed by atoms with Crippen molar-refractivity contribution in [3.63, 3.8) is 0 Å². The van der Waals surface area contributed by atoms with Crippen molar-refractivity contribution in [1.29, 1.82) is 0 Å². The summed E-state index contributed by atoms with van der Waals surface area (Å²) >= 11 is 0. The first-order valence-electron chi connectivity index (χ1n) is 7.65. The summed E-state index contributed by atoms with van der Waals surface area (Å²) in [7, 11) is 0. The Morgan fingerprint density at radius 1 is 1.25 bits per heavy atom. The second-order valence-corrected chi connectivity index (χ2v) is 5.91. The van der Waals surface area contributed by atoms with Gasteiger partial charge in [-0.2, -0.15) is 0 Å². The molecule has 0 spiro atoms. The van der Waals surface area contributed by atoms with E-state index < -0.39 is 11.4 Å². The Morgan fingerprint density at radius 3 is 2.40 bits per heavy atom. The summed E-state index contributed by atoms with van der Waals surface area (Å²) in [5.74, 6) is -0.753. The van der Waals surface area contributed by atoms with Crippen LogP contribution < -0.4 is 5.32 Å². The number of hydrogen-bond donors (Lipinski definition) is 3. The van der Waals surface area contributed by atoms with E-state index in [2.05, 4.69) is 5.32 Å². The van der Waals surface area contributed by atoms with E-state index in [-0.39, 0.29) is 24.9 Å². The van der Waals surface area contributed by atoms with Crippen molar-refractivity contribution in [1.82, 2.24) is 5.32 Å². The molecule has 0 aromatic heterocycles. The van der Waals surface area contributed by atoms with Crippen LogP contribution in [0.3, 0.4) is 0 Å². The Labute approximate surface area is 120 Å². The molecular formula is C15H27NO4. The highest BCUT2D eigenvalue weighted by Crippen LogP contribution is 2.39. The largest absolute Gasteiger partial charge is 0.481 e. The number of aliphatic hydroxyl groups excluding tert-OH is 1. The highest BCUT2D eigenvalue weighted by Gasteiger charge is 2.41. The average Bonchev–Trinajstić information content (AvgIpc) is 2.44. The van der Waals surface area contributed by atoms with Crippen molar-refractivity contribution >= 4 is 11.9 Å². The summed E-state index contributed by atoms with van der Waals surface area (Å²) in [4.78, 5) is 23.5. The van der Waals surface area contributed by atoms with Crippen LogP contribution in [0.1, 0.15) is 58.3 Å². The van der Waals surface area contributed by atoms with E-state index in [0.29, 0.717) is 25.8 Å². The van der Waals surface area contributed by atoms with Crippen molar-refractivity contribution in [2.45, 2.75) is 58.3 Å². The molecule has 1 aliphatic carbocycles. The summed E-state index contributed by atoms with van der Waals surface area (Å²) in [5, 5.41) is 21.2. The van der Waals surface area contributed by atoms with Crippen molar-refractivity contribution in [2.24, 2.45) is 11.3 Å². The first kappa shape index (κ1) is 17.0. The van der Waals surface area contributed by atoms with Gasteiger partial charge in [0.05, 0.1) is 5.41 Å². The van der Waals surface area contributed by atoms with Gasteiger partial charge in [0, 0.05) is 19.6 Å². The van der Waals surface area contributed by atoms with Crippen LogP contribution >= 0.6 is 0 Å². The van der Waals surface area contributed by atoms with Gasteiger partial charge in [0.15, 0.2) is 0 Å². The third-order valence-corrected chi connectivity index (χ3v) is 4.47. The van der Waals surface area contributed by atoms with Crippen LogP contribution in [0.5, 0.6) is 0 Å². The SMILES string of the molecule is CCC(CCO)CNC(=O)CC1(C(=O)O)CCCCC1. The van der Waals surface area contributed by atoms with E-state index in [9.17, 15) is 14.7 Å². The Bertz CT molecular complexity index is 324. The standard InChI is InChI=1S/C15H27NO4/c1-2-12(6-9-17)11-16-13(18)10-15(14(19)20)7-4-3-5-8-15/h12,17H,2-11H2,1H3,(H,16,18)(H,19,20). The molecule has 1 atom stereocenters. The van der Waals surface area contributed by atoms with Gasteiger partial charge in [-0.1, -0.05) is 32.6 Å². The Hall–Kier alpha value is -1.10. The van der Waals surface area contributed by atoms with Crippen molar-refractivity contribution in [2.75, 3.05) is 13.2 Å². The molecule has 1 aliphatic rings. The number of amides is 1. The lowest BCUT2D eigenvalue weighted by molar-refractivity contribution is -0.154. The Kier molecular flexibility index (Phi) is 6.99. The topological polar surface area (TPSA) is 86.6 Å². The molecule has 1 unspecified atom stereocenters. The molecule has 0 aliphatic heterocycles. The van der Waals surface area contributed by atoms with Gasteiger partial charge >= 0.3 is 5.97 Å². The van der Waals surface area contributed by atoms with Crippen molar-refractivity contribution in [3.05, 3.63) is 0 Å². The molecule has 5 heteroatoms. The second-order valence-electron chi connectivity index (χ2n) is 5.91. The zero-order chi connectivity index (χ0) is 15.0. The lowest BCUT2D eigenvalue weighted by Crippen LogP contribution is -2.40. The summed E-state index contributed by atoms with van der Waals surface area (Å²) in [6.45, 7) is 2.66. The molecule has 0 radical (unpaired) electrons. The fraction of sp³-hybridized carbons (Fsp3) is 0.867. The number of hydrogen-bond acceptors (Lipinski definition) is 3. The maximum absolute atomic E-state index is 12.0. The number of carboxylic acids is 1. The minimum atomic E-state index is -0.860. The van der Waals surface area contributed by atoms with Crippen LogP contribution in [0.15, 0.2) is 0 Å². The van der Waals surface area contributed by atoms with Gasteiger partial charge in [-0.15, -0.1) is 0 Å². The molecule has 20 heavy (non-hydrogen) atoms. The fourth-order valence-electron chi connectivity index (χ4n) is 2.96. The quantitative estimate of drug-likeness (QED) is 0.636. The minimum Gasteiger partial charge on any atom is -0.481 e. The number of nitrogens with one attached hydrogen (secondary N) is 1. The summed E-state index contributed by atoms with van der Waals surface area (Å²) < 4.78 is 0. The third kappa shape index (κ3) is 4.78. The summed E-state index contributed by atoms with van der Waals surface area (Å²) in [6, 6.07) is 0. The van der Waals surface area contributed by atoms with Gasteiger partial charge in [-0.25, -0.2) is 0 Å². The fourth-order valence-corrected chi connectivity index (χ4v) is 2.96. The van der Waals surface area contributed by atoms with Gasteiger partial charge < -0.3 is 15.5 Å². The molecule has 1 fully saturated rings. The second kappa shape index (κ2) is 8.25. The molecule has 0 aromatic carbocycles. The molecule has 1 saturated carbocycles. The Balaban J connectivity index is 2.48. The highest BCUT2D eigenvalue weighted by atomic mass is 16.4. The maximum atomic E-state index is 12.0. The molecule has 1 rings (SSSR count). The van der Waals surface area contributed by atoms with Crippen LogP contribution in [0.4, 0.5) is 0 Å². The lowest BCUT2D eigenvalue weighted by Gasteiger charge is -2.32. The van der Waals surface area contributed by atoms with Crippen LogP contribution in [-0.4, -0.2) is 35.2 Å². The first-order chi connectivity index (χ1) is 9.54. The van der Waals surface area contributed by atoms with E-state index in [1.165, 1.54) is 0 Å². The van der Waals surface area contributed by atoms with Crippen LogP contribution in [0.2, 0.25) is 0 Å². The number of aliphatic hydroxyl groups is 1. The molecule has 116 valence electrons. The average molecular weight is 285 g/mol. The normalized spacial score (nSPS) is 19.3. The third-order valence-electron chi connectivity index (χ3n) is 4.47. The summed E-state index contributed by atoms with van der Waals surface area (Å²) in [5.41, 5.74) is -0.860. The predicted octanol–water partition coefficient (Wildman–Crippen LogP) is 1.94. The smallest absolute Gasteiger partial charge is 0.310 e. The lowest BCUT2D eigenvalue weighted by atomic mass is 9.71. The van der Waals surface area contributed by atoms with Crippen LogP contribution in [0, 0.1) is 11.3 Å². The van der Waals surface area contributed by atoms with Gasteiger partial charge in [-0.3, -0.25) is 9.59 Å². The number of carbonyl (C=O) groups is 2. The van der Waals surface area contributed by atoms with E-state index in [1.807, 2.05) is 6.92 Å². The zero-order valence-corrected chi connectivity index (χ0v) is 12.4. The van der Waals surface area contributed by atoms with Crippen LogP contribution in [-0.2, 0) is 9.59 Å². The summed E-state index contributed by atoms with van der Waals surface area (Å²) in [6.07, 6.45) is 5.69. The first-order valence-corrected chi connectivity index (χ1v) is 7.65. The molecule has 0 aromatic rings. The molecule has 0 heterocycles.